The molecule has 0 aliphatic carbocycles. The number of hydrogen-bond acceptors (Lipinski definition) is 6. The van der Waals surface area contributed by atoms with Crippen LogP contribution in [0.15, 0.2) is 51.7 Å². The molecule has 1 aromatic heterocycles. The molecule has 1 fully saturated rings. The van der Waals surface area contributed by atoms with Gasteiger partial charge in [0.1, 0.15) is 12.1 Å². The standard InChI is InChI=1S/C24H26N4O4/c1-27-10-3-11-31-22(15-27)23(29)26-19(14-25)12-16-4-6-17(7-5-16)18-8-9-21-20(13-18)28(2)24(30)32-21/h4-9,13,19,22H,3,10-12,15H2,1-2H3,(H,26,29)/t19-,22-/m0/s1. The number of nitriles is 1. The van der Waals surface area contributed by atoms with E-state index in [-0.39, 0.29) is 5.91 Å². The molecule has 2 heterocycles. The molecule has 32 heavy (non-hydrogen) atoms. The number of benzene rings is 2. The Morgan fingerprint density at radius 2 is 1.97 bits per heavy atom. The Morgan fingerprint density at radius 3 is 2.72 bits per heavy atom. The summed E-state index contributed by atoms with van der Waals surface area (Å²) in [6.45, 7) is 1.95. The lowest BCUT2D eigenvalue weighted by Crippen LogP contribution is -2.46. The number of hydrogen-bond donors (Lipinski definition) is 1. The molecule has 1 aliphatic rings. The van der Waals surface area contributed by atoms with Crippen LogP contribution in [0.2, 0.25) is 0 Å². The van der Waals surface area contributed by atoms with Crippen molar-refractivity contribution in [3.8, 4) is 17.2 Å². The number of aryl methyl sites for hydroxylation is 1. The number of fused-ring (bicyclic) bond motifs is 1. The van der Waals surface area contributed by atoms with Gasteiger partial charge in [-0.15, -0.1) is 0 Å². The predicted molar refractivity (Wildman–Crippen MR) is 120 cm³/mol. The smallest absolute Gasteiger partial charge is 0.408 e. The molecule has 1 aliphatic heterocycles. The van der Waals surface area contributed by atoms with Crippen LogP contribution in [0.25, 0.3) is 22.2 Å². The van der Waals surface area contributed by atoms with Gasteiger partial charge >= 0.3 is 5.76 Å². The lowest BCUT2D eigenvalue weighted by Gasteiger charge is -2.20. The average molecular weight is 434 g/mol. The first-order valence-electron chi connectivity index (χ1n) is 10.6. The van der Waals surface area contributed by atoms with Crippen molar-refractivity contribution in [3.63, 3.8) is 0 Å². The van der Waals surface area contributed by atoms with E-state index >= 15 is 0 Å². The summed E-state index contributed by atoms with van der Waals surface area (Å²) in [5, 5.41) is 12.4. The van der Waals surface area contributed by atoms with Crippen LogP contribution in [0.1, 0.15) is 12.0 Å². The summed E-state index contributed by atoms with van der Waals surface area (Å²) >= 11 is 0. The molecule has 3 aromatic rings. The van der Waals surface area contributed by atoms with Gasteiger partial charge in [0, 0.05) is 33.2 Å². The molecule has 166 valence electrons. The average Bonchev–Trinajstić information content (AvgIpc) is 2.94. The van der Waals surface area contributed by atoms with Crippen molar-refractivity contribution < 1.29 is 13.9 Å². The molecule has 0 radical (unpaired) electrons. The molecular weight excluding hydrogens is 408 g/mol. The minimum atomic E-state index is -0.637. The minimum Gasteiger partial charge on any atom is -0.408 e. The topological polar surface area (TPSA) is 100 Å². The Kier molecular flexibility index (Phi) is 6.40. The van der Waals surface area contributed by atoms with Crippen LogP contribution in [0.4, 0.5) is 0 Å². The summed E-state index contributed by atoms with van der Waals surface area (Å²) in [6.07, 6.45) is 0.730. The maximum absolute atomic E-state index is 12.6. The van der Waals surface area contributed by atoms with E-state index in [1.54, 1.807) is 13.1 Å². The highest BCUT2D eigenvalue weighted by Crippen LogP contribution is 2.24. The maximum atomic E-state index is 12.6. The highest BCUT2D eigenvalue weighted by molar-refractivity contribution is 5.82. The summed E-state index contributed by atoms with van der Waals surface area (Å²) in [6, 6.07) is 15.0. The number of aromatic nitrogens is 1. The summed E-state index contributed by atoms with van der Waals surface area (Å²) in [5.74, 6) is -0.640. The third-order valence-corrected chi connectivity index (χ3v) is 5.76. The minimum absolute atomic E-state index is 0.249. The fraction of sp³-hybridized carbons (Fsp3) is 0.375. The van der Waals surface area contributed by atoms with Crippen LogP contribution in [0.5, 0.6) is 0 Å². The lowest BCUT2D eigenvalue weighted by molar-refractivity contribution is -0.133. The molecule has 0 bridgehead atoms. The van der Waals surface area contributed by atoms with E-state index in [0.717, 1.165) is 35.2 Å². The highest BCUT2D eigenvalue weighted by atomic mass is 16.5. The summed E-state index contributed by atoms with van der Waals surface area (Å²) in [7, 11) is 3.64. The molecule has 2 atom stereocenters. The van der Waals surface area contributed by atoms with Gasteiger partial charge in [0.05, 0.1) is 11.6 Å². The monoisotopic (exact) mass is 434 g/mol. The van der Waals surface area contributed by atoms with Gasteiger partial charge in [0.2, 0.25) is 0 Å². The van der Waals surface area contributed by atoms with Gasteiger partial charge in [-0.2, -0.15) is 5.26 Å². The first-order chi connectivity index (χ1) is 15.4. The third kappa shape index (κ3) is 4.74. The van der Waals surface area contributed by atoms with Gasteiger partial charge in [-0.25, -0.2) is 4.79 Å². The molecule has 0 unspecified atom stereocenters. The first-order valence-corrected chi connectivity index (χ1v) is 10.6. The molecule has 2 aromatic carbocycles. The maximum Gasteiger partial charge on any atom is 0.419 e. The van der Waals surface area contributed by atoms with E-state index in [1.165, 1.54) is 4.57 Å². The van der Waals surface area contributed by atoms with Crippen LogP contribution < -0.4 is 11.1 Å². The number of amides is 1. The number of oxazole rings is 1. The van der Waals surface area contributed by atoms with Crippen molar-refractivity contribution in [3.05, 3.63) is 58.6 Å². The third-order valence-electron chi connectivity index (χ3n) is 5.76. The quantitative estimate of drug-likeness (QED) is 0.660. The second-order valence-corrected chi connectivity index (χ2v) is 8.18. The molecule has 0 spiro atoms. The fourth-order valence-corrected chi connectivity index (χ4v) is 3.91. The fourth-order valence-electron chi connectivity index (χ4n) is 3.91. The van der Waals surface area contributed by atoms with E-state index in [2.05, 4.69) is 16.3 Å². The van der Waals surface area contributed by atoms with Crippen molar-refractivity contribution in [1.82, 2.24) is 14.8 Å². The van der Waals surface area contributed by atoms with Crippen LogP contribution in [-0.4, -0.2) is 54.3 Å². The second-order valence-electron chi connectivity index (χ2n) is 8.18. The molecule has 8 heteroatoms. The molecule has 1 saturated heterocycles. The Balaban J connectivity index is 1.43. The Bertz CT molecular complexity index is 1210. The van der Waals surface area contributed by atoms with Crippen LogP contribution >= 0.6 is 0 Å². The number of nitrogens with one attached hydrogen (secondary N) is 1. The highest BCUT2D eigenvalue weighted by Gasteiger charge is 2.25. The Labute approximate surface area is 186 Å². The zero-order valence-corrected chi connectivity index (χ0v) is 18.2. The van der Waals surface area contributed by atoms with Gasteiger partial charge in [-0.05, 0) is 42.3 Å². The molecule has 1 amide bonds. The number of ether oxygens (including phenoxy) is 1. The molecular formula is C24H26N4O4. The van der Waals surface area contributed by atoms with Crippen molar-refractivity contribution >= 4 is 17.0 Å². The van der Waals surface area contributed by atoms with E-state index in [9.17, 15) is 14.9 Å². The van der Waals surface area contributed by atoms with E-state index in [0.29, 0.717) is 25.2 Å². The number of likely N-dealkylation sites (N-methyl/N-ethyl adjacent to an activating group) is 1. The number of nitrogens with zero attached hydrogens (tertiary/aromatic N) is 3. The number of rotatable bonds is 5. The molecule has 1 N–H and O–H groups in total. The van der Waals surface area contributed by atoms with Crippen molar-refractivity contribution in [2.75, 3.05) is 26.7 Å². The SMILES string of the molecule is CN1CCCO[C@H](C(=O)N[C@H](C#N)Cc2ccc(-c3ccc4oc(=O)n(C)c4c3)cc2)C1. The van der Waals surface area contributed by atoms with Crippen molar-refractivity contribution in [1.29, 1.82) is 5.26 Å². The first kappa shape index (κ1) is 21.8. The van der Waals surface area contributed by atoms with Gasteiger partial charge < -0.3 is 19.4 Å². The van der Waals surface area contributed by atoms with Crippen LogP contribution in [0, 0.1) is 11.3 Å². The van der Waals surface area contributed by atoms with Crippen molar-refractivity contribution in [2.45, 2.75) is 25.0 Å². The van der Waals surface area contributed by atoms with Gasteiger partial charge in [-0.1, -0.05) is 30.3 Å². The predicted octanol–water partition coefficient (Wildman–Crippen LogP) is 2.07. The zero-order chi connectivity index (χ0) is 22.7. The summed E-state index contributed by atoms with van der Waals surface area (Å²) in [5.41, 5.74) is 4.16. The van der Waals surface area contributed by atoms with E-state index in [1.807, 2.05) is 43.4 Å². The summed E-state index contributed by atoms with van der Waals surface area (Å²) < 4.78 is 12.3. The van der Waals surface area contributed by atoms with Crippen LogP contribution in [0.3, 0.4) is 0 Å². The van der Waals surface area contributed by atoms with Gasteiger partial charge in [0.25, 0.3) is 5.91 Å². The number of carbonyl (C=O) groups is 1. The summed E-state index contributed by atoms with van der Waals surface area (Å²) in [4.78, 5) is 26.4. The van der Waals surface area contributed by atoms with Gasteiger partial charge in [0.15, 0.2) is 5.58 Å². The van der Waals surface area contributed by atoms with E-state index in [4.69, 9.17) is 9.15 Å². The van der Waals surface area contributed by atoms with Gasteiger partial charge in [-0.3, -0.25) is 9.36 Å². The second kappa shape index (κ2) is 9.39. The van der Waals surface area contributed by atoms with Crippen molar-refractivity contribution in [2.24, 2.45) is 7.05 Å². The Hall–Kier alpha value is -3.41. The number of carbonyl (C=O) groups excluding carboxylic acids is 1. The van der Waals surface area contributed by atoms with E-state index < -0.39 is 17.9 Å². The lowest BCUT2D eigenvalue weighted by atomic mass is 10.0. The molecule has 8 nitrogen and oxygen atoms in total. The normalized spacial score (nSPS) is 18.1. The molecule has 4 rings (SSSR count). The largest absolute Gasteiger partial charge is 0.419 e. The molecule has 0 saturated carbocycles. The zero-order valence-electron chi connectivity index (χ0n) is 18.2. The Morgan fingerprint density at radius 1 is 1.22 bits per heavy atom. The van der Waals surface area contributed by atoms with Crippen LogP contribution in [-0.2, 0) is 23.0 Å².